The first-order valence-electron chi connectivity index (χ1n) is 7.54. The molecule has 0 fully saturated rings. The minimum atomic E-state index is -0.303. The Balaban J connectivity index is 0.00000288. The Hall–Kier alpha value is -2.31. The lowest BCUT2D eigenvalue weighted by Gasteiger charge is -2.19. The van der Waals surface area contributed by atoms with Gasteiger partial charge >= 0.3 is 0 Å². The molecule has 2 N–H and O–H groups in total. The molecule has 1 aromatic carbocycles. The highest BCUT2D eigenvalue weighted by molar-refractivity contribution is 6.09. The molecule has 0 aliphatic carbocycles. The van der Waals surface area contributed by atoms with Gasteiger partial charge in [-0.2, -0.15) is 0 Å². The summed E-state index contributed by atoms with van der Waals surface area (Å²) < 4.78 is 5.13. The predicted molar refractivity (Wildman–Crippen MR) is 96.0 cm³/mol. The van der Waals surface area contributed by atoms with Gasteiger partial charge in [-0.3, -0.25) is 9.59 Å². The molecule has 0 bridgehead atoms. The number of carbonyl (C=O) groups is 2. The van der Waals surface area contributed by atoms with Crippen LogP contribution in [0.4, 0.5) is 5.69 Å². The number of rotatable bonds is 7. The molecule has 1 heterocycles. The summed E-state index contributed by atoms with van der Waals surface area (Å²) in [6.45, 7) is 4.08. The third-order valence-electron chi connectivity index (χ3n) is 3.38. The molecule has 0 aliphatic heterocycles. The van der Waals surface area contributed by atoms with Crippen LogP contribution in [-0.2, 0) is 0 Å². The molecular formula is C17H22ClN3O3. The third kappa shape index (κ3) is 4.84. The molecule has 0 aliphatic rings. The quantitative estimate of drug-likeness (QED) is 0.751. The van der Waals surface area contributed by atoms with Crippen LogP contribution in [-0.4, -0.2) is 38.5 Å². The largest absolute Gasteiger partial charge is 0.459 e. The lowest BCUT2D eigenvalue weighted by atomic mass is 10.1. The summed E-state index contributed by atoms with van der Waals surface area (Å²) in [4.78, 5) is 26.1. The molecule has 6 nitrogen and oxygen atoms in total. The molecule has 0 spiro atoms. The first-order chi connectivity index (χ1) is 11.1. The SMILES string of the molecule is CCNCCNC(=O)c1ccccc1N(C)C(=O)c1ccco1.Cl. The Morgan fingerprint density at radius 2 is 1.88 bits per heavy atom. The van der Waals surface area contributed by atoms with Gasteiger partial charge in [0.15, 0.2) is 5.76 Å². The molecule has 2 amide bonds. The van der Waals surface area contributed by atoms with E-state index in [2.05, 4.69) is 10.6 Å². The molecule has 0 unspecified atom stereocenters. The van der Waals surface area contributed by atoms with E-state index in [1.54, 1.807) is 43.4 Å². The number of halogens is 1. The van der Waals surface area contributed by atoms with Gasteiger partial charge in [0, 0.05) is 20.1 Å². The standard InChI is InChI=1S/C17H21N3O3.ClH/c1-3-18-10-11-19-16(21)13-7-4-5-8-14(13)20(2)17(22)15-9-6-12-23-15;/h4-9,12,18H,3,10-11H2,1-2H3,(H,19,21);1H. The van der Waals surface area contributed by atoms with Crippen molar-refractivity contribution in [1.82, 2.24) is 10.6 Å². The molecule has 24 heavy (non-hydrogen) atoms. The van der Waals surface area contributed by atoms with Gasteiger partial charge in [0.25, 0.3) is 11.8 Å². The molecule has 1 aromatic heterocycles. The highest BCUT2D eigenvalue weighted by Gasteiger charge is 2.20. The van der Waals surface area contributed by atoms with Crippen molar-refractivity contribution in [3.63, 3.8) is 0 Å². The molecular weight excluding hydrogens is 330 g/mol. The predicted octanol–water partition coefficient (Wildman–Crippen LogP) is 2.32. The smallest absolute Gasteiger partial charge is 0.293 e. The molecule has 2 rings (SSSR count). The highest BCUT2D eigenvalue weighted by Crippen LogP contribution is 2.21. The van der Waals surface area contributed by atoms with Crippen LogP contribution in [0.2, 0.25) is 0 Å². The zero-order chi connectivity index (χ0) is 16.7. The molecule has 2 aromatic rings. The maximum atomic E-state index is 12.4. The molecule has 0 saturated carbocycles. The second kappa shape index (κ2) is 9.75. The summed E-state index contributed by atoms with van der Waals surface area (Å²) in [5, 5.41) is 5.98. The van der Waals surface area contributed by atoms with E-state index in [-0.39, 0.29) is 30.0 Å². The fourth-order valence-corrected chi connectivity index (χ4v) is 2.17. The van der Waals surface area contributed by atoms with E-state index in [1.807, 2.05) is 6.92 Å². The van der Waals surface area contributed by atoms with Crippen LogP contribution in [0.1, 0.15) is 27.8 Å². The number of amides is 2. The van der Waals surface area contributed by atoms with Gasteiger partial charge in [0.2, 0.25) is 0 Å². The Bertz CT molecular complexity index is 659. The fraction of sp³-hybridized carbons (Fsp3) is 0.294. The van der Waals surface area contributed by atoms with Crippen molar-refractivity contribution < 1.29 is 14.0 Å². The van der Waals surface area contributed by atoms with Crippen LogP contribution in [0.5, 0.6) is 0 Å². The summed E-state index contributed by atoms with van der Waals surface area (Å²) in [7, 11) is 1.62. The maximum absolute atomic E-state index is 12.4. The molecule has 0 saturated heterocycles. The van der Waals surface area contributed by atoms with E-state index >= 15 is 0 Å². The van der Waals surface area contributed by atoms with E-state index in [0.717, 1.165) is 6.54 Å². The number of furan rings is 1. The number of anilines is 1. The van der Waals surface area contributed by atoms with Crippen molar-refractivity contribution in [2.45, 2.75) is 6.92 Å². The van der Waals surface area contributed by atoms with Crippen LogP contribution in [0.3, 0.4) is 0 Å². The van der Waals surface area contributed by atoms with E-state index < -0.39 is 0 Å². The Morgan fingerprint density at radius 3 is 2.54 bits per heavy atom. The Morgan fingerprint density at radius 1 is 1.12 bits per heavy atom. The monoisotopic (exact) mass is 351 g/mol. The Labute approximate surface area is 147 Å². The van der Waals surface area contributed by atoms with Gasteiger partial charge in [-0.05, 0) is 30.8 Å². The summed E-state index contributed by atoms with van der Waals surface area (Å²) >= 11 is 0. The Kier molecular flexibility index (Phi) is 8.01. The van der Waals surface area contributed by atoms with Gasteiger partial charge in [-0.15, -0.1) is 12.4 Å². The van der Waals surface area contributed by atoms with Crippen LogP contribution in [0.25, 0.3) is 0 Å². The minimum absolute atomic E-state index is 0. The lowest BCUT2D eigenvalue weighted by Crippen LogP contribution is -2.34. The van der Waals surface area contributed by atoms with Gasteiger partial charge in [-0.1, -0.05) is 19.1 Å². The zero-order valence-corrected chi connectivity index (χ0v) is 14.6. The van der Waals surface area contributed by atoms with Crippen molar-refractivity contribution in [3.8, 4) is 0 Å². The van der Waals surface area contributed by atoms with Gasteiger partial charge in [0.05, 0.1) is 17.5 Å². The van der Waals surface area contributed by atoms with Gasteiger partial charge in [-0.25, -0.2) is 0 Å². The minimum Gasteiger partial charge on any atom is -0.459 e. The summed E-state index contributed by atoms with van der Waals surface area (Å²) in [5.74, 6) is -0.282. The normalized spacial score (nSPS) is 9.92. The van der Waals surface area contributed by atoms with Crippen molar-refractivity contribution in [1.29, 1.82) is 0 Å². The molecule has 7 heteroatoms. The number of carbonyl (C=O) groups excluding carboxylic acids is 2. The van der Waals surface area contributed by atoms with Crippen LogP contribution < -0.4 is 15.5 Å². The number of para-hydroxylation sites is 1. The highest BCUT2D eigenvalue weighted by atomic mass is 35.5. The number of hydrogen-bond acceptors (Lipinski definition) is 4. The van der Waals surface area contributed by atoms with E-state index in [4.69, 9.17) is 4.42 Å². The number of nitrogens with one attached hydrogen (secondary N) is 2. The maximum Gasteiger partial charge on any atom is 0.293 e. The first kappa shape index (κ1) is 19.7. The molecule has 130 valence electrons. The van der Waals surface area contributed by atoms with Crippen LogP contribution in [0, 0.1) is 0 Å². The molecule has 0 atom stereocenters. The van der Waals surface area contributed by atoms with Crippen LogP contribution >= 0.6 is 12.4 Å². The second-order valence-corrected chi connectivity index (χ2v) is 4.97. The van der Waals surface area contributed by atoms with Crippen molar-refractivity contribution in [2.24, 2.45) is 0 Å². The first-order valence-corrected chi connectivity index (χ1v) is 7.54. The third-order valence-corrected chi connectivity index (χ3v) is 3.38. The van der Waals surface area contributed by atoms with Crippen molar-refractivity contribution in [2.75, 3.05) is 31.6 Å². The van der Waals surface area contributed by atoms with E-state index in [0.29, 0.717) is 24.3 Å². The van der Waals surface area contributed by atoms with E-state index in [9.17, 15) is 9.59 Å². The number of likely N-dealkylation sites (N-methyl/N-ethyl adjacent to an activating group) is 1. The summed E-state index contributed by atoms with van der Waals surface area (Å²) in [6.07, 6.45) is 1.44. The van der Waals surface area contributed by atoms with E-state index in [1.165, 1.54) is 11.2 Å². The van der Waals surface area contributed by atoms with Gasteiger partial charge in [0.1, 0.15) is 0 Å². The zero-order valence-electron chi connectivity index (χ0n) is 13.7. The number of hydrogen-bond donors (Lipinski definition) is 2. The average molecular weight is 352 g/mol. The second-order valence-electron chi connectivity index (χ2n) is 4.97. The summed E-state index contributed by atoms with van der Waals surface area (Å²) in [6, 6.07) is 10.2. The number of benzene rings is 1. The fourth-order valence-electron chi connectivity index (χ4n) is 2.17. The molecule has 0 radical (unpaired) electrons. The lowest BCUT2D eigenvalue weighted by molar-refractivity contribution is 0.0954. The number of nitrogens with zero attached hydrogens (tertiary/aromatic N) is 1. The average Bonchev–Trinajstić information content (AvgIpc) is 3.11. The summed E-state index contributed by atoms with van der Waals surface area (Å²) in [5.41, 5.74) is 0.987. The van der Waals surface area contributed by atoms with Crippen molar-refractivity contribution in [3.05, 3.63) is 54.0 Å². The van der Waals surface area contributed by atoms with Crippen molar-refractivity contribution >= 4 is 29.9 Å². The van der Waals surface area contributed by atoms with Gasteiger partial charge < -0.3 is 20.0 Å². The topological polar surface area (TPSA) is 74.6 Å². The van der Waals surface area contributed by atoms with Crippen LogP contribution in [0.15, 0.2) is 47.1 Å².